The second-order valence-electron chi connectivity index (χ2n) is 6.49. The van der Waals surface area contributed by atoms with Gasteiger partial charge in [0.05, 0.1) is 13.5 Å². The summed E-state index contributed by atoms with van der Waals surface area (Å²) in [6, 6.07) is 23.7. The highest BCUT2D eigenvalue weighted by atomic mass is 16.5. The Kier molecular flexibility index (Phi) is 6.10. The third kappa shape index (κ3) is 5.61. The summed E-state index contributed by atoms with van der Waals surface area (Å²) in [4.78, 5) is 12.2. The lowest BCUT2D eigenvalue weighted by Gasteiger charge is -2.09. The second-order valence-corrected chi connectivity index (χ2v) is 6.49. The number of anilines is 2. The summed E-state index contributed by atoms with van der Waals surface area (Å²) in [5, 5.41) is 6.31. The number of carbonyl (C=O) groups excluding carboxylic acids is 1. The van der Waals surface area contributed by atoms with E-state index in [1.54, 1.807) is 7.11 Å². The molecule has 4 heteroatoms. The molecule has 4 nitrogen and oxygen atoms in total. The fourth-order valence-electron chi connectivity index (χ4n) is 2.83. The van der Waals surface area contributed by atoms with E-state index < -0.39 is 0 Å². The largest absolute Gasteiger partial charge is 0.497 e. The predicted molar refractivity (Wildman–Crippen MR) is 110 cm³/mol. The van der Waals surface area contributed by atoms with Gasteiger partial charge in [-0.3, -0.25) is 4.79 Å². The molecule has 0 radical (unpaired) electrons. The van der Waals surface area contributed by atoms with Crippen molar-refractivity contribution in [3.63, 3.8) is 0 Å². The monoisotopic (exact) mass is 360 g/mol. The quantitative estimate of drug-likeness (QED) is 0.636. The van der Waals surface area contributed by atoms with Crippen molar-refractivity contribution in [3.8, 4) is 5.75 Å². The molecule has 0 saturated heterocycles. The molecule has 0 aromatic heterocycles. The highest BCUT2D eigenvalue weighted by Gasteiger charge is 2.04. The summed E-state index contributed by atoms with van der Waals surface area (Å²) in [7, 11) is 1.66. The van der Waals surface area contributed by atoms with Crippen LogP contribution in [0.25, 0.3) is 0 Å². The highest BCUT2D eigenvalue weighted by Crippen LogP contribution is 2.16. The standard InChI is InChI=1S/C23H24N2O2/c1-17-4-3-5-19(14-17)15-23(26)25-21-10-8-20(9-11-21)24-16-18-6-12-22(27-2)13-7-18/h3-14,24H,15-16H2,1-2H3,(H,25,26). The van der Waals surface area contributed by atoms with Crippen molar-refractivity contribution in [2.24, 2.45) is 0 Å². The van der Waals surface area contributed by atoms with E-state index in [4.69, 9.17) is 4.74 Å². The van der Waals surface area contributed by atoms with Crippen LogP contribution in [0.15, 0.2) is 72.8 Å². The van der Waals surface area contributed by atoms with Gasteiger partial charge in [-0.05, 0) is 54.4 Å². The van der Waals surface area contributed by atoms with Gasteiger partial charge in [0.25, 0.3) is 0 Å². The van der Waals surface area contributed by atoms with Gasteiger partial charge in [0.15, 0.2) is 0 Å². The van der Waals surface area contributed by atoms with Crippen LogP contribution in [0.3, 0.4) is 0 Å². The molecule has 2 N–H and O–H groups in total. The van der Waals surface area contributed by atoms with Crippen LogP contribution in [-0.4, -0.2) is 13.0 Å². The minimum absolute atomic E-state index is 0.0143. The maximum absolute atomic E-state index is 12.2. The summed E-state index contributed by atoms with van der Waals surface area (Å²) < 4.78 is 5.17. The molecule has 1 amide bonds. The Bertz CT molecular complexity index is 887. The average molecular weight is 360 g/mol. The zero-order chi connectivity index (χ0) is 19.1. The van der Waals surface area contributed by atoms with Gasteiger partial charge in [0, 0.05) is 17.9 Å². The van der Waals surface area contributed by atoms with Crippen molar-refractivity contribution in [1.82, 2.24) is 0 Å². The first-order valence-electron chi connectivity index (χ1n) is 8.94. The molecule has 0 aliphatic carbocycles. The Morgan fingerprint density at radius 2 is 1.59 bits per heavy atom. The van der Waals surface area contributed by atoms with Crippen LogP contribution in [0.2, 0.25) is 0 Å². The third-order valence-electron chi connectivity index (χ3n) is 4.27. The third-order valence-corrected chi connectivity index (χ3v) is 4.27. The number of aryl methyl sites for hydroxylation is 1. The minimum Gasteiger partial charge on any atom is -0.497 e. The number of carbonyl (C=O) groups is 1. The Balaban J connectivity index is 1.51. The Morgan fingerprint density at radius 1 is 0.889 bits per heavy atom. The SMILES string of the molecule is COc1ccc(CNc2ccc(NC(=O)Cc3cccc(C)c3)cc2)cc1. The maximum atomic E-state index is 12.2. The Morgan fingerprint density at radius 3 is 2.26 bits per heavy atom. The molecule has 3 rings (SSSR count). The lowest BCUT2D eigenvalue weighted by Crippen LogP contribution is -2.14. The number of benzene rings is 3. The summed E-state index contributed by atoms with van der Waals surface area (Å²) in [6.07, 6.45) is 0.374. The van der Waals surface area contributed by atoms with Gasteiger partial charge in [-0.1, -0.05) is 42.0 Å². The fourth-order valence-corrected chi connectivity index (χ4v) is 2.83. The van der Waals surface area contributed by atoms with E-state index in [0.717, 1.165) is 34.8 Å². The number of rotatable bonds is 7. The summed E-state index contributed by atoms with van der Waals surface area (Å²) in [5.74, 6) is 0.837. The smallest absolute Gasteiger partial charge is 0.228 e. The maximum Gasteiger partial charge on any atom is 0.228 e. The van der Waals surface area contributed by atoms with Gasteiger partial charge < -0.3 is 15.4 Å². The number of hydrogen-bond donors (Lipinski definition) is 2. The summed E-state index contributed by atoms with van der Waals surface area (Å²) in [5.41, 5.74) is 5.15. The van der Waals surface area contributed by atoms with E-state index >= 15 is 0 Å². The van der Waals surface area contributed by atoms with Gasteiger partial charge in [0.1, 0.15) is 5.75 Å². The molecule has 0 bridgehead atoms. The molecule has 0 heterocycles. The molecule has 3 aromatic carbocycles. The van der Waals surface area contributed by atoms with E-state index in [0.29, 0.717) is 6.42 Å². The van der Waals surface area contributed by atoms with Crippen LogP contribution < -0.4 is 15.4 Å². The van der Waals surface area contributed by atoms with Crippen molar-refractivity contribution in [2.45, 2.75) is 19.9 Å². The van der Waals surface area contributed by atoms with E-state index in [2.05, 4.69) is 10.6 Å². The van der Waals surface area contributed by atoms with Crippen LogP contribution in [0.1, 0.15) is 16.7 Å². The first-order chi connectivity index (χ1) is 13.1. The molecule has 0 fully saturated rings. The van der Waals surface area contributed by atoms with Crippen molar-refractivity contribution in [1.29, 1.82) is 0 Å². The Labute approximate surface area is 160 Å². The van der Waals surface area contributed by atoms with Gasteiger partial charge >= 0.3 is 0 Å². The number of nitrogens with one attached hydrogen (secondary N) is 2. The zero-order valence-electron chi connectivity index (χ0n) is 15.7. The van der Waals surface area contributed by atoms with Gasteiger partial charge in [-0.15, -0.1) is 0 Å². The summed E-state index contributed by atoms with van der Waals surface area (Å²) in [6.45, 7) is 2.75. The Hall–Kier alpha value is -3.27. The van der Waals surface area contributed by atoms with Crippen molar-refractivity contribution in [2.75, 3.05) is 17.7 Å². The van der Waals surface area contributed by atoms with E-state index in [-0.39, 0.29) is 5.91 Å². The lowest BCUT2D eigenvalue weighted by atomic mass is 10.1. The van der Waals surface area contributed by atoms with E-state index in [1.807, 2.05) is 79.7 Å². The fraction of sp³-hybridized carbons (Fsp3) is 0.174. The molecule has 27 heavy (non-hydrogen) atoms. The van der Waals surface area contributed by atoms with Crippen LogP contribution in [0, 0.1) is 6.92 Å². The molecule has 0 saturated carbocycles. The van der Waals surface area contributed by atoms with Crippen molar-refractivity contribution < 1.29 is 9.53 Å². The average Bonchev–Trinajstić information content (AvgIpc) is 2.68. The number of hydrogen-bond acceptors (Lipinski definition) is 3. The molecule has 0 unspecified atom stereocenters. The zero-order valence-corrected chi connectivity index (χ0v) is 15.7. The first kappa shape index (κ1) is 18.5. The summed E-state index contributed by atoms with van der Waals surface area (Å²) >= 11 is 0. The molecule has 0 atom stereocenters. The number of methoxy groups -OCH3 is 1. The number of amides is 1. The molecule has 0 spiro atoms. The van der Waals surface area contributed by atoms with E-state index in [1.165, 1.54) is 5.56 Å². The van der Waals surface area contributed by atoms with Gasteiger partial charge in [0.2, 0.25) is 5.91 Å². The molecule has 138 valence electrons. The predicted octanol–water partition coefficient (Wildman–Crippen LogP) is 4.80. The van der Waals surface area contributed by atoms with Gasteiger partial charge in [-0.2, -0.15) is 0 Å². The molecule has 3 aromatic rings. The van der Waals surface area contributed by atoms with Crippen molar-refractivity contribution in [3.05, 3.63) is 89.5 Å². The highest BCUT2D eigenvalue weighted by molar-refractivity contribution is 5.92. The lowest BCUT2D eigenvalue weighted by molar-refractivity contribution is -0.115. The molecular formula is C23H24N2O2. The van der Waals surface area contributed by atoms with Crippen LogP contribution in [0.4, 0.5) is 11.4 Å². The molecule has 0 aliphatic rings. The van der Waals surface area contributed by atoms with Crippen LogP contribution in [-0.2, 0) is 17.8 Å². The number of ether oxygens (including phenoxy) is 1. The van der Waals surface area contributed by atoms with Crippen molar-refractivity contribution >= 4 is 17.3 Å². The molecular weight excluding hydrogens is 336 g/mol. The topological polar surface area (TPSA) is 50.4 Å². The second kappa shape index (κ2) is 8.90. The van der Waals surface area contributed by atoms with Crippen LogP contribution in [0.5, 0.6) is 5.75 Å². The van der Waals surface area contributed by atoms with Gasteiger partial charge in [-0.25, -0.2) is 0 Å². The van der Waals surface area contributed by atoms with E-state index in [9.17, 15) is 4.79 Å². The minimum atomic E-state index is -0.0143. The normalized spacial score (nSPS) is 10.3. The first-order valence-corrected chi connectivity index (χ1v) is 8.94. The molecule has 0 aliphatic heterocycles. The van der Waals surface area contributed by atoms with Crippen LogP contribution >= 0.6 is 0 Å².